The van der Waals surface area contributed by atoms with Gasteiger partial charge in [0.1, 0.15) is 5.60 Å². The van der Waals surface area contributed by atoms with Crippen LogP contribution in [0.2, 0.25) is 0 Å². The van der Waals surface area contributed by atoms with Crippen LogP contribution in [0.25, 0.3) is 0 Å². The molecule has 0 aliphatic carbocycles. The summed E-state index contributed by atoms with van der Waals surface area (Å²) in [7, 11) is 0. The third-order valence-corrected chi connectivity index (χ3v) is 8.75. The Bertz CT molecular complexity index is 675. The van der Waals surface area contributed by atoms with Crippen molar-refractivity contribution < 1.29 is 24.9 Å². The van der Waals surface area contributed by atoms with E-state index in [2.05, 4.69) is 17.1 Å². The lowest BCUT2D eigenvalue weighted by molar-refractivity contribution is -0.209. The summed E-state index contributed by atoms with van der Waals surface area (Å²) in [5, 5.41) is 35.7. The van der Waals surface area contributed by atoms with Gasteiger partial charge in [0.15, 0.2) is 0 Å². The van der Waals surface area contributed by atoms with Gasteiger partial charge in [-0.3, -0.25) is 9.59 Å². The fourth-order valence-electron chi connectivity index (χ4n) is 5.90. The molecule has 1 aliphatic rings. The van der Waals surface area contributed by atoms with E-state index in [0.29, 0.717) is 19.4 Å². The monoisotopic (exact) mass is 555 g/mol. The molecule has 2 amide bonds. The number of hydrogen-bond acceptors (Lipinski definition) is 6. The average molecular weight is 556 g/mol. The molecule has 4 atom stereocenters. The zero-order valence-electron chi connectivity index (χ0n) is 25.4. The molecule has 0 aromatic heterocycles. The fourth-order valence-corrected chi connectivity index (χ4v) is 5.90. The van der Waals surface area contributed by atoms with E-state index in [1.54, 1.807) is 0 Å². The van der Waals surface area contributed by atoms with E-state index in [9.17, 15) is 24.9 Å². The normalized spacial score (nSPS) is 20.2. The van der Waals surface area contributed by atoms with Crippen LogP contribution in [0.3, 0.4) is 0 Å². The van der Waals surface area contributed by atoms with E-state index >= 15 is 0 Å². The zero-order valence-corrected chi connectivity index (χ0v) is 25.4. The van der Waals surface area contributed by atoms with Crippen molar-refractivity contribution in [2.45, 2.75) is 154 Å². The van der Waals surface area contributed by atoms with Crippen LogP contribution >= 0.6 is 0 Å². The fraction of sp³-hybridized carbons (Fsp3) is 0.935. The van der Waals surface area contributed by atoms with Gasteiger partial charge in [-0.25, -0.2) is 0 Å². The lowest BCUT2D eigenvalue weighted by atomic mass is 9.72. The average Bonchev–Trinajstić information content (AvgIpc) is 2.93. The molecule has 0 radical (unpaired) electrons. The molecule has 1 saturated heterocycles. The van der Waals surface area contributed by atoms with Gasteiger partial charge in [0.25, 0.3) is 17.4 Å². The second-order valence-electron chi connectivity index (χ2n) is 12.0. The number of likely N-dealkylation sites (tertiary alicyclic amines) is 1. The van der Waals surface area contributed by atoms with Crippen molar-refractivity contribution in [3.8, 4) is 0 Å². The molecule has 1 rings (SSSR count). The summed E-state index contributed by atoms with van der Waals surface area (Å²) in [6.07, 6.45) is 19.9. The Hall–Kier alpha value is -1.22. The Kier molecular flexibility index (Phi) is 18.2. The summed E-state index contributed by atoms with van der Waals surface area (Å²) in [4.78, 5) is 27.2. The van der Waals surface area contributed by atoms with Gasteiger partial charge in [0.05, 0.1) is 6.10 Å². The lowest BCUT2D eigenvalue weighted by Gasteiger charge is -2.45. The highest BCUT2D eigenvalue weighted by molar-refractivity contribution is 6.09. The predicted octanol–water partition coefficient (Wildman–Crippen LogP) is 4.42. The number of unbranched alkanes of at least 4 members (excludes halogenated alkanes) is 15. The van der Waals surface area contributed by atoms with Gasteiger partial charge >= 0.3 is 0 Å². The highest BCUT2D eigenvalue weighted by Crippen LogP contribution is 2.33. The number of hydrogen-bond donors (Lipinski definition) is 5. The molecule has 230 valence electrons. The summed E-state index contributed by atoms with van der Waals surface area (Å²) in [5.74, 6) is -2.80. The number of aliphatic hydroxyl groups excluding tert-OH is 1. The Labute approximate surface area is 238 Å². The van der Waals surface area contributed by atoms with Crippen molar-refractivity contribution in [3.63, 3.8) is 0 Å². The van der Waals surface area contributed by atoms with Gasteiger partial charge in [0, 0.05) is 19.0 Å². The number of nitrogens with one attached hydrogen (secondary N) is 1. The van der Waals surface area contributed by atoms with Crippen LogP contribution in [0, 0.1) is 5.92 Å². The van der Waals surface area contributed by atoms with E-state index < -0.39 is 29.1 Å². The van der Waals surface area contributed by atoms with Crippen LogP contribution in [0.1, 0.15) is 136 Å². The molecule has 0 aromatic carbocycles. The third-order valence-electron chi connectivity index (χ3n) is 8.75. The summed E-state index contributed by atoms with van der Waals surface area (Å²) < 4.78 is 0. The van der Waals surface area contributed by atoms with Crippen LogP contribution in [-0.2, 0) is 9.59 Å². The van der Waals surface area contributed by atoms with Crippen molar-refractivity contribution in [1.29, 1.82) is 0 Å². The van der Waals surface area contributed by atoms with Crippen molar-refractivity contribution in [1.82, 2.24) is 10.2 Å². The number of primary amides is 1. The molecule has 0 spiro atoms. The SMILES string of the molecule is CCCCCCCCCCCCCCCCCCNC(=O)C(O)(C(N)=O)C(C)(O)C(O)C1CCCN(CC)C1. The van der Waals surface area contributed by atoms with Crippen molar-refractivity contribution in [2.75, 3.05) is 26.2 Å². The first-order valence-electron chi connectivity index (χ1n) is 16.1. The van der Waals surface area contributed by atoms with Crippen LogP contribution in [0.15, 0.2) is 0 Å². The second kappa shape index (κ2) is 19.8. The Morgan fingerprint density at radius 3 is 1.77 bits per heavy atom. The van der Waals surface area contributed by atoms with Crippen molar-refractivity contribution in [3.05, 3.63) is 0 Å². The van der Waals surface area contributed by atoms with Crippen molar-refractivity contribution in [2.24, 2.45) is 11.7 Å². The molecule has 39 heavy (non-hydrogen) atoms. The van der Waals surface area contributed by atoms with Gasteiger partial charge in [-0.15, -0.1) is 0 Å². The first kappa shape index (κ1) is 35.8. The van der Waals surface area contributed by atoms with E-state index in [-0.39, 0.29) is 12.5 Å². The van der Waals surface area contributed by atoms with Crippen LogP contribution in [0.4, 0.5) is 0 Å². The molecule has 0 aromatic rings. The molecule has 4 unspecified atom stereocenters. The number of piperidine rings is 1. The molecule has 6 N–H and O–H groups in total. The summed E-state index contributed by atoms with van der Waals surface area (Å²) in [6.45, 7) is 7.87. The standard InChI is InChI=1S/C31H61N3O5/c1-4-6-7-8-9-10-11-12-13-14-15-16-17-18-19-20-23-33-29(37)31(39,28(32)36)30(3,38)27(35)26-22-21-24-34(5-2)25-26/h26-27,35,38-39H,4-25H2,1-3H3,(H2,32,36)(H,33,37). The maximum absolute atomic E-state index is 12.9. The topological polar surface area (TPSA) is 136 Å². The minimum Gasteiger partial charge on any atom is -0.390 e. The van der Waals surface area contributed by atoms with Crippen LogP contribution in [0.5, 0.6) is 0 Å². The largest absolute Gasteiger partial charge is 0.390 e. The van der Waals surface area contributed by atoms with Gasteiger partial charge in [-0.2, -0.15) is 0 Å². The number of carbonyl (C=O) groups is 2. The molecular formula is C31H61N3O5. The Morgan fingerprint density at radius 2 is 1.33 bits per heavy atom. The van der Waals surface area contributed by atoms with Gasteiger partial charge < -0.3 is 31.3 Å². The van der Waals surface area contributed by atoms with E-state index in [1.807, 2.05) is 6.92 Å². The summed E-state index contributed by atoms with van der Waals surface area (Å²) in [5.41, 5.74) is 0.0752. The molecule has 0 saturated carbocycles. The number of rotatable bonds is 23. The number of nitrogens with two attached hydrogens (primary N) is 1. The van der Waals surface area contributed by atoms with Crippen LogP contribution in [-0.4, -0.2) is 75.5 Å². The molecule has 1 fully saturated rings. The molecule has 1 aliphatic heterocycles. The first-order chi connectivity index (χ1) is 18.6. The third kappa shape index (κ3) is 12.0. The van der Waals surface area contributed by atoms with Crippen molar-refractivity contribution >= 4 is 11.8 Å². The zero-order chi connectivity index (χ0) is 29.2. The molecule has 0 bridgehead atoms. The first-order valence-corrected chi connectivity index (χ1v) is 16.1. The molecule has 8 heteroatoms. The highest BCUT2D eigenvalue weighted by Gasteiger charge is 2.61. The van der Waals surface area contributed by atoms with Gasteiger partial charge in [-0.1, -0.05) is 110 Å². The predicted molar refractivity (Wildman–Crippen MR) is 158 cm³/mol. The van der Waals surface area contributed by atoms with E-state index in [1.165, 1.54) is 77.0 Å². The molecule has 1 heterocycles. The Balaban J connectivity index is 2.25. The summed E-state index contributed by atoms with van der Waals surface area (Å²) in [6, 6.07) is 0. The highest BCUT2D eigenvalue weighted by atomic mass is 16.4. The minimum absolute atomic E-state index is 0.270. The molecular weight excluding hydrogens is 494 g/mol. The van der Waals surface area contributed by atoms with E-state index in [0.717, 1.165) is 45.7 Å². The number of nitrogens with zero attached hydrogens (tertiary/aromatic N) is 1. The maximum atomic E-state index is 12.9. The lowest BCUT2D eigenvalue weighted by Crippen LogP contribution is -2.73. The van der Waals surface area contributed by atoms with Crippen LogP contribution < -0.4 is 11.1 Å². The van der Waals surface area contributed by atoms with Gasteiger partial charge in [0.2, 0.25) is 0 Å². The number of carbonyl (C=O) groups excluding carboxylic acids is 2. The number of aliphatic hydroxyl groups is 3. The maximum Gasteiger partial charge on any atom is 0.265 e. The second-order valence-corrected chi connectivity index (χ2v) is 12.0. The van der Waals surface area contributed by atoms with Gasteiger partial charge in [-0.05, 0) is 39.3 Å². The summed E-state index contributed by atoms with van der Waals surface area (Å²) >= 11 is 0. The Morgan fingerprint density at radius 1 is 0.872 bits per heavy atom. The minimum atomic E-state index is -2.92. The molecule has 8 nitrogen and oxygen atoms in total. The smallest absolute Gasteiger partial charge is 0.265 e. The van der Waals surface area contributed by atoms with E-state index in [4.69, 9.17) is 5.73 Å². The number of amides is 2. The quantitative estimate of drug-likeness (QED) is 0.0935.